The lowest BCUT2D eigenvalue weighted by molar-refractivity contribution is -0.122. The number of benzene rings is 1. The molecule has 0 bridgehead atoms. The van der Waals surface area contributed by atoms with E-state index in [2.05, 4.69) is 31.5 Å². The maximum atomic E-state index is 11.8. The minimum Gasteiger partial charge on any atom is -0.351 e. The highest BCUT2D eigenvalue weighted by Gasteiger charge is 2.12. The zero-order chi connectivity index (χ0) is 12.8. The van der Waals surface area contributed by atoms with Crippen molar-refractivity contribution in [2.45, 2.75) is 6.54 Å². The van der Waals surface area contributed by atoms with E-state index in [-0.39, 0.29) is 5.91 Å². The fraction of sp³-hybridized carbons (Fsp3) is 0.462. The van der Waals surface area contributed by atoms with Gasteiger partial charge in [-0.2, -0.15) is 0 Å². The number of amides is 1. The fourth-order valence-corrected chi connectivity index (χ4v) is 2.20. The molecule has 1 amide bonds. The summed E-state index contributed by atoms with van der Waals surface area (Å²) in [5.41, 5.74) is 1.12. The minimum absolute atomic E-state index is 0.0971. The number of carbonyl (C=O) groups excluding carboxylic acids is 1. The van der Waals surface area contributed by atoms with Crippen LogP contribution in [-0.4, -0.2) is 43.5 Å². The molecule has 98 valence electrons. The van der Waals surface area contributed by atoms with Crippen LogP contribution in [0.1, 0.15) is 5.56 Å². The van der Waals surface area contributed by atoms with Crippen LogP contribution in [0.15, 0.2) is 28.7 Å². The molecule has 0 radical (unpaired) electrons. The fourth-order valence-electron chi connectivity index (χ4n) is 1.93. The first kappa shape index (κ1) is 13.5. The van der Waals surface area contributed by atoms with Gasteiger partial charge in [0, 0.05) is 37.2 Å². The summed E-state index contributed by atoms with van der Waals surface area (Å²) >= 11 is 3.39. The van der Waals surface area contributed by atoms with Crippen LogP contribution in [-0.2, 0) is 11.3 Å². The van der Waals surface area contributed by atoms with Gasteiger partial charge in [0.05, 0.1) is 6.54 Å². The Bertz CT molecular complexity index is 388. The van der Waals surface area contributed by atoms with Gasteiger partial charge in [-0.15, -0.1) is 0 Å². The van der Waals surface area contributed by atoms with Crippen LogP contribution in [0.2, 0.25) is 0 Å². The van der Waals surface area contributed by atoms with E-state index in [1.165, 1.54) is 0 Å². The Morgan fingerprint density at radius 3 is 2.61 bits per heavy atom. The molecule has 5 heteroatoms. The van der Waals surface area contributed by atoms with Gasteiger partial charge in [-0.05, 0) is 17.7 Å². The van der Waals surface area contributed by atoms with Crippen LogP contribution in [0.3, 0.4) is 0 Å². The van der Waals surface area contributed by atoms with Crippen molar-refractivity contribution in [3.63, 3.8) is 0 Å². The van der Waals surface area contributed by atoms with Gasteiger partial charge in [0.25, 0.3) is 0 Å². The van der Waals surface area contributed by atoms with Gasteiger partial charge in [-0.3, -0.25) is 9.69 Å². The Hall–Kier alpha value is -0.910. The van der Waals surface area contributed by atoms with Crippen LogP contribution in [0.25, 0.3) is 0 Å². The molecule has 0 atom stereocenters. The molecule has 1 aliphatic rings. The van der Waals surface area contributed by atoms with Crippen molar-refractivity contribution in [2.75, 3.05) is 32.7 Å². The van der Waals surface area contributed by atoms with E-state index in [1.807, 2.05) is 24.3 Å². The van der Waals surface area contributed by atoms with Gasteiger partial charge >= 0.3 is 0 Å². The first-order chi connectivity index (χ1) is 8.74. The van der Waals surface area contributed by atoms with Gasteiger partial charge in [0.2, 0.25) is 5.91 Å². The Morgan fingerprint density at radius 1 is 1.28 bits per heavy atom. The van der Waals surface area contributed by atoms with E-state index in [1.54, 1.807) is 0 Å². The van der Waals surface area contributed by atoms with Crippen molar-refractivity contribution in [1.82, 2.24) is 15.5 Å². The van der Waals surface area contributed by atoms with Crippen LogP contribution in [0, 0.1) is 0 Å². The van der Waals surface area contributed by atoms with E-state index >= 15 is 0 Å². The van der Waals surface area contributed by atoms with Gasteiger partial charge in [-0.25, -0.2) is 0 Å². The zero-order valence-corrected chi connectivity index (χ0v) is 11.9. The molecule has 2 rings (SSSR count). The summed E-state index contributed by atoms with van der Waals surface area (Å²) in [6.45, 7) is 4.94. The van der Waals surface area contributed by atoms with E-state index < -0.39 is 0 Å². The van der Waals surface area contributed by atoms with Crippen molar-refractivity contribution in [2.24, 2.45) is 0 Å². The summed E-state index contributed by atoms with van der Waals surface area (Å²) in [5, 5.41) is 6.22. The summed E-state index contributed by atoms with van der Waals surface area (Å²) in [4.78, 5) is 13.9. The summed E-state index contributed by atoms with van der Waals surface area (Å²) < 4.78 is 1.05. The van der Waals surface area contributed by atoms with Crippen molar-refractivity contribution < 1.29 is 4.79 Å². The molecule has 18 heavy (non-hydrogen) atoms. The number of rotatable bonds is 4. The van der Waals surface area contributed by atoms with Gasteiger partial charge in [-0.1, -0.05) is 28.1 Å². The van der Waals surface area contributed by atoms with E-state index in [4.69, 9.17) is 0 Å². The van der Waals surface area contributed by atoms with Crippen LogP contribution in [0.4, 0.5) is 0 Å². The third kappa shape index (κ3) is 4.40. The molecule has 0 saturated carbocycles. The summed E-state index contributed by atoms with van der Waals surface area (Å²) in [6, 6.07) is 7.99. The number of hydrogen-bond donors (Lipinski definition) is 2. The first-order valence-electron chi connectivity index (χ1n) is 6.18. The van der Waals surface area contributed by atoms with Crippen LogP contribution >= 0.6 is 15.9 Å². The lowest BCUT2D eigenvalue weighted by atomic mass is 10.2. The van der Waals surface area contributed by atoms with Crippen LogP contribution in [0.5, 0.6) is 0 Å². The smallest absolute Gasteiger partial charge is 0.234 e. The average Bonchev–Trinajstić information content (AvgIpc) is 2.39. The number of carbonyl (C=O) groups is 1. The predicted octanol–water partition coefficient (Wildman–Crippen LogP) is 0.971. The molecule has 1 aromatic carbocycles. The van der Waals surface area contributed by atoms with Gasteiger partial charge in [0.1, 0.15) is 0 Å². The van der Waals surface area contributed by atoms with Crippen molar-refractivity contribution >= 4 is 21.8 Å². The minimum atomic E-state index is 0.0971. The summed E-state index contributed by atoms with van der Waals surface area (Å²) in [6.07, 6.45) is 0. The zero-order valence-electron chi connectivity index (χ0n) is 10.3. The summed E-state index contributed by atoms with van der Waals surface area (Å²) in [7, 11) is 0. The third-order valence-electron chi connectivity index (χ3n) is 2.98. The first-order valence-corrected chi connectivity index (χ1v) is 6.97. The largest absolute Gasteiger partial charge is 0.351 e. The number of halogens is 1. The molecule has 0 aliphatic carbocycles. The van der Waals surface area contributed by atoms with Crippen molar-refractivity contribution in [3.8, 4) is 0 Å². The van der Waals surface area contributed by atoms with E-state index in [0.717, 1.165) is 36.2 Å². The second kappa shape index (κ2) is 6.87. The van der Waals surface area contributed by atoms with E-state index in [9.17, 15) is 4.79 Å². The molecule has 1 fully saturated rings. The molecular formula is C13H18BrN3O. The van der Waals surface area contributed by atoms with Gasteiger partial charge in [0.15, 0.2) is 0 Å². The Kier molecular flexibility index (Phi) is 5.16. The third-order valence-corrected chi connectivity index (χ3v) is 3.51. The molecule has 1 saturated heterocycles. The van der Waals surface area contributed by atoms with Gasteiger partial charge < -0.3 is 10.6 Å². The molecule has 1 aromatic rings. The van der Waals surface area contributed by atoms with Crippen molar-refractivity contribution in [1.29, 1.82) is 0 Å². The normalized spacial score (nSPS) is 16.5. The van der Waals surface area contributed by atoms with E-state index in [0.29, 0.717) is 13.1 Å². The monoisotopic (exact) mass is 311 g/mol. The van der Waals surface area contributed by atoms with Crippen LogP contribution < -0.4 is 10.6 Å². The highest BCUT2D eigenvalue weighted by atomic mass is 79.9. The summed E-state index contributed by atoms with van der Waals surface area (Å²) in [5.74, 6) is 0.0971. The molecule has 4 nitrogen and oxygen atoms in total. The number of piperazine rings is 1. The maximum Gasteiger partial charge on any atom is 0.234 e. The molecular weight excluding hydrogens is 294 g/mol. The highest BCUT2D eigenvalue weighted by Crippen LogP contribution is 2.10. The van der Waals surface area contributed by atoms with Crippen molar-refractivity contribution in [3.05, 3.63) is 34.3 Å². The molecule has 2 N–H and O–H groups in total. The number of nitrogens with one attached hydrogen (secondary N) is 2. The molecule has 0 spiro atoms. The predicted molar refractivity (Wildman–Crippen MR) is 75.3 cm³/mol. The molecule has 0 unspecified atom stereocenters. The average molecular weight is 312 g/mol. The SMILES string of the molecule is O=C(CN1CCNCC1)NCc1ccc(Br)cc1. The lowest BCUT2D eigenvalue weighted by Crippen LogP contribution is -2.47. The molecule has 0 aromatic heterocycles. The molecule has 1 aliphatic heterocycles. The molecule has 1 heterocycles. The second-order valence-corrected chi connectivity index (χ2v) is 5.35. The quantitative estimate of drug-likeness (QED) is 0.871. The highest BCUT2D eigenvalue weighted by molar-refractivity contribution is 9.10. The number of nitrogens with zero attached hydrogens (tertiary/aromatic N) is 1. The topological polar surface area (TPSA) is 44.4 Å². The standard InChI is InChI=1S/C13H18BrN3O/c14-12-3-1-11(2-4-12)9-16-13(18)10-17-7-5-15-6-8-17/h1-4,15H,5-10H2,(H,16,18). The number of hydrogen-bond acceptors (Lipinski definition) is 3. The Balaban J connectivity index is 1.72. The second-order valence-electron chi connectivity index (χ2n) is 4.43. The maximum absolute atomic E-state index is 11.8. The Morgan fingerprint density at radius 2 is 1.94 bits per heavy atom. The lowest BCUT2D eigenvalue weighted by Gasteiger charge is -2.26. The Labute approximate surface area is 116 Å².